The average molecular weight is 343 g/mol. The zero-order chi connectivity index (χ0) is 17.8. The fourth-order valence-electron chi connectivity index (χ4n) is 2.94. The van der Waals surface area contributed by atoms with Gasteiger partial charge in [-0.25, -0.2) is 0 Å². The van der Waals surface area contributed by atoms with Crippen LogP contribution >= 0.6 is 0 Å². The van der Waals surface area contributed by atoms with Crippen LogP contribution in [-0.4, -0.2) is 19.5 Å². The number of rotatable bonds is 7. The Bertz CT molecular complexity index is 773. The lowest BCUT2D eigenvalue weighted by molar-refractivity contribution is 0.0240. The molecule has 0 atom stereocenters. The molecule has 0 radical (unpaired) electrons. The van der Waals surface area contributed by atoms with Crippen LogP contribution in [0.2, 0.25) is 0 Å². The first-order chi connectivity index (χ1) is 12.1. The molecule has 1 aliphatic heterocycles. The number of ketones is 1. The number of hydrogen-bond donors (Lipinski definition) is 1. The van der Waals surface area contributed by atoms with E-state index in [4.69, 9.17) is 19.1 Å². The Morgan fingerprint density at radius 2 is 1.84 bits per heavy atom. The summed E-state index contributed by atoms with van der Waals surface area (Å²) >= 11 is 0. The average Bonchev–Trinajstić information content (AvgIpc) is 3.10. The Hall–Kier alpha value is -2.73. The molecule has 2 aromatic carbocycles. The molecule has 6 nitrogen and oxygen atoms in total. The van der Waals surface area contributed by atoms with E-state index in [-0.39, 0.29) is 5.78 Å². The fourth-order valence-corrected chi connectivity index (χ4v) is 2.94. The molecule has 0 saturated heterocycles. The van der Waals surface area contributed by atoms with Crippen LogP contribution in [0.4, 0.5) is 0 Å². The van der Waals surface area contributed by atoms with Crippen LogP contribution in [0.3, 0.4) is 0 Å². The van der Waals surface area contributed by atoms with Gasteiger partial charge in [-0.15, -0.1) is 0 Å². The van der Waals surface area contributed by atoms with Gasteiger partial charge in [-0.1, -0.05) is 30.3 Å². The van der Waals surface area contributed by atoms with E-state index in [9.17, 15) is 4.79 Å². The molecule has 6 heteroatoms. The van der Waals surface area contributed by atoms with Crippen molar-refractivity contribution in [3.63, 3.8) is 0 Å². The smallest absolute Gasteiger partial charge is 0.241 e. The Labute approximate surface area is 146 Å². The van der Waals surface area contributed by atoms with Crippen molar-refractivity contribution in [2.75, 3.05) is 13.7 Å². The van der Waals surface area contributed by atoms with Crippen LogP contribution in [0, 0.1) is 6.92 Å². The van der Waals surface area contributed by atoms with Crippen molar-refractivity contribution in [3.8, 4) is 23.0 Å². The zero-order valence-corrected chi connectivity index (χ0v) is 14.5. The third kappa shape index (κ3) is 3.39. The normalized spacial score (nSPS) is 12.1. The number of benzene rings is 2. The molecule has 132 valence electrons. The summed E-state index contributed by atoms with van der Waals surface area (Å²) in [7, 11) is 1.51. The molecule has 1 N–H and O–H groups in total. The second kappa shape index (κ2) is 7.44. The number of fused-ring (bicyclic) bond motifs is 1. The van der Waals surface area contributed by atoms with E-state index >= 15 is 0 Å². The number of aryl methyl sites for hydroxylation is 1. The van der Waals surface area contributed by atoms with Crippen LogP contribution in [0.25, 0.3) is 0 Å². The molecular weight excluding hydrogens is 322 g/mol. The van der Waals surface area contributed by atoms with E-state index in [1.807, 2.05) is 18.2 Å². The maximum atomic E-state index is 12.1. The van der Waals surface area contributed by atoms with Crippen molar-refractivity contribution in [1.82, 2.24) is 5.64 Å². The highest BCUT2D eigenvalue weighted by Gasteiger charge is 2.32. The van der Waals surface area contributed by atoms with Crippen LogP contribution in [0.15, 0.2) is 30.3 Å². The van der Waals surface area contributed by atoms with Crippen molar-refractivity contribution in [3.05, 3.63) is 47.0 Å². The monoisotopic (exact) mass is 343 g/mol. The van der Waals surface area contributed by atoms with Crippen molar-refractivity contribution in [2.45, 2.75) is 26.7 Å². The van der Waals surface area contributed by atoms with Crippen LogP contribution < -0.4 is 24.8 Å². The number of carbonyl (C=O) groups excluding carboxylic acids is 1. The van der Waals surface area contributed by atoms with Gasteiger partial charge in [0, 0.05) is 11.2 Å². The first kappa shape index (κ1) is 17.1. The summed E-state index contributed by atoms with van der Waals surface area (Å²) in [5.74, 6) is 1.48. The maximum absolute atomic E-state index is 12.1. The van der Waals surface area contributed by atoms with Gasteiger partial charge in [0.05, 0.1) is 19.3 Å². The van der Waals surface area contributed by atoms with Gasteiger partial charge in [0.25, 0.3) is 0 Å². The van der Waals surface area contributed by atoms with E-state index in [0.29, 0.717) is 40.7 Å². The van der Waals surface area contributed by atoms with Gasteiger partial charge in [0.2, 0.25) is 17.2 Å². The van der Waals surface area contributed by atoms with Crippen molar-refractivity contribution < 1.29 is 23.9 Å². The summed E-state index contributed by atoms with van der Waals surface area (Å²) in [5, 5.41) is 0. The van der Waals surface area contributed by atoms with Gasteiger partial charge in [-0.3, -0.25) is 4.79 Å². The quantitative estimate of drug-likeness (QED) is 0.614. The number of ether oxygens (including phenoxy) is 2. The molecule has 0 bridgehead atoms. The highest BCUT2D eigenvalue weighted by Crippen LogP contribution is 2.51. The minimum Gasteiger partial charge on any atom is -0.492 e. The summed E-state index contributed by atoms with van der Waals surface area (Å²) in [6, 6.07) is 10.2. The highest BCUT2D eigenvalue weighted by atomic mass is 16.9. The topological polar surface area (TPSA) is 66.0 Å². The number of carbonyl (C=O) groups is 1. The molecule has 0 amide bonds. The predicted molar refractivity (Wildman–Crippen MR) is 92.4 cm³/mol. The first-order valence-corrected chi connectivity index (χ1v) is 8.14. The van der Waals surface area contributed by atoms with Crippen LogP contribution in [0.1, 0.15) is 34.8 Å². The molecule has 2 aromatic rings. The third-order valence-electron chi connectivity index (χ3n) is 4.10. The molecular formula is C19H21NO5. The van der Waals surface area contributed by atoms with Crippen molar-refractivity contribution >= 4 is 5.78 Å². The van der Waals surface area contributed by atoms with Gasteiger partial charge in [-0.2, -0.15) is 0 Å². The Morgan fingerprint density at radius 1 is 1.12 bits per heavy atom. The molecule has 0 aromatic heterocycles. The number of methoxy groups -OCH3 is 1. The van der Waals surface area contributed by atoms with E-state index in [1.54, 1.807) is 6.92 Å². The molecule has 0 fully saturated rings. The minimum absolute atomic E-state index is 0.123. The lowest BCUT2D eigenvalue weighted by Crippen LogP contribution is -2.14. The number of nitrogens with one attached hydrogen (secondary N) is 1. The fraction of sp³-hybridized carbons (Fsp3) is 0.316. The van der Waals surface area contributed by atoms with Crippen LogP contribution in [0.5, 0.6) is 23.0 Å². The summed E-state index contributed by atoms with van der Waals surface area (Å²) < 4.78 is 11.4. The predicted octanol–water partition coefficient (Wildman–Crippen LogP) is 3.41. The molecule has 1 aliphatic rings. The molecule has 0 saturated carbocycles. The minimum atomic E-state index is -0.123. The van der Waals surface area contributed by atoms with Gasteiger partial charge in [0.15, 0.2) is 11.5 Å². The van der Waals surface area contributed by atoms with Crippen LogP contribution in [-0.2, 0) is 6.42 Å². The summed E-state index contributed by atoms with van der Waals surface area (Å²) in [5.41, 5.74) is 4.69. The molecule has 0 unspecified atom stereocenters. The van der Waals surface area contributed by atoms with Gasteiger partial charge < -0.3 is 19.1 Å². The van der Waals surface area contributed by atoms with E-state index < -0.39 is 0 Å². The molecule has 25 heavy (non-hydrogen) atoms. The van der Waals surface area contributed by atoms with E-state index in [1.165, 1.54) is 19.6 Å². The Balaban J connectivity index is 1.81. The lowest BCUT2D eigenvalue weighted by atomic mass is 10.0. The molecule has 0 aliphatic carbocycles. The van der Waals surface area contributed by atoms with E-state index in [0.717, 1.165) is 12.8 Å². The summed E-state index contributed by atoms with van der Waals surface area (Å²) in [4.78, 5) is 22.7. The van der Waals surface area contributed by atoms with Gasteiger partial charge in [0.1, 0.15) is 0 Å². The number of Topliss-reactive ketones (excluding diaryl/α,β-unsaturated/α-hetero) is 1. The molecule has 1 heterocycles. The highest BCUT2D eigenvalue weighted by molar-refractivity contribution is 6.01. The van der Waals surface area contributed by atoms with E-state index in [2.05, 4.69) is 17.8 Å². The number of hydrogen-bond acceptors (Lipinski definition) is 6. The third-order valence-corrected chi connectivity index (χ3v) is 4.10. The van der Waals surface area contributed by atoms with Crippen molar-refractivity contribution in [1.29, 1.82) is 0 Å². The van der Waals surface area contributed by atoms with Gasteiger partial charge in [-0.05, 0) is 32.3 Å². The lowest BCUT2D eigenvalue weighted by Gasteiger charge is -2.17. The standard InChI is InChI=1S/C19H21NO5/c1-12-15(13(2)21)17(22-3)18(19-16(12)24-20-25-19)23-11-7-10-14-8-5-4-6-9-14/h4-6,8-9,20H,7,10-11H2,1-3H3. The summed E-state index contributed by atoms with van der Waals surface area (Å²) in [6.07, 6.45) is 1.71. The Kier molecular flexibility index (Phi) is 5.09. The SMILES string of the molecule is COc1c(OCCCc2ccccc2)c2c(c(C)c1C(C)=O)ONO2. The maximum Gasteiger partial charge on any atom is 0.241 e. The summed E-state index contributed by atoms with van der Waals surface area (Å²) in [6.45, 7) is 3.73. The molecule has 3 rings (SSSR count). The second-order valence-electron chi connectivity index (χ2n) is 5.80. The largest absolute Gasteiger partial charge is 0.492 e. The first-order valence-electron chi connectivity index (χ1n) is 8.14. The van der Waals surface area contributed by atoms with Gasteiger partial charge >= 0.3 is 0 Å². The van der Waals surface area contributed by atoms with Crippen molar-refractivity contribution in [2.24, 2.45) is 0 Å². The zero-order valence-electron chi connectivity index (χ0n) is 14.5. The molecule has 0 spiro atoms. The second-order valence-corrected chi connectivity index (χ2v) is 5.80. The Morgan fingerprint density at radius 3 is 2.52 bits per heavy atom.